The standard InChI is InChI=1S/C19H22N2O3/c1-23-15-6-4-5-14(11-15)12-21-19(22)13-24-18-9-10-20-17-8-3-2-7-16(17)18/h4-6,9-11H,2-3,7-8,12-13H2,1H3,(H,21,22). The number of fused-ring (bicyclic) bond motifs is 1. The first-order valence-electron chi connectivity index (χ1n) is 8.25. The average molecular weight is 326 g/mol. The number of hydrogen-bond donors (Lipinski definition) is 1. The Kier molecular flexibility index (Phi) is 5.31. The molecule has 3 rings (SSSR count). The van der Waals surface area contributed by atoms with Gasteiger partial charge in [-0.15, -0.1) is 0 Å². The van der Waals surface area contributed by atoms with Gasteiger partial charge in [-0.05, 0) is 49.4 Å². The lowest BCUT2D eigenvalue weighted by atomic mass is 9.95. The zero-order chi connectivity index (χ0) is 16.8. The number of benzene rings is 1. The summed E-state index contributed by atoms with van der Waals surface area (Å²) in [7, 11) is 1.63. The zero-order valence-electron chi connectivity index (χ0n) is 13.9. The van der Waals surface area contributed by atoms with Crippen LogP contribution in [0.4, 0.5) is 0 Å². The van der Waals surface area contributed by atoms with E-state index in [1.807, 2.05) is 30.3 Å². The second-order valence-electron chi connectivity index (χ2n) is 5.86. The van der Waals surface area contributed by atoms with Gasteiger partial charge in [0.1, 0.15) is 11.5 Å². The number of nitrogens with zero attached hydrogens (tertiary/aromatic N) is 1. The molecule has 0 saturated heterocycles. The van der Waals surface area contributed by atoms with Crippen LogP contribution in [0.5, 0.6) is 11.5 Å². The van der Waals surface area contributed by atoms with Gasteiger partial charge in [0.25, 0.3) is 5.91 Å². The van der Waals surface area contributed by atoms with E-state index in [1.165, 1.54) is 6.42 Å². The Morgan fingerprint density at radius 1 is 1.25 bits per heavy atom. The summed E-state index contributed by atoms with van der Waals surface area (Å²) in [5.74, 6) is 1.43. The van der Waals surface area contributed by atoms with E-state index in [9.17, 15) is 4.79 Å². The maximum absolute atomic E-state index is 12.0. The topological polar surface area (TPSA) is 60.5 Å². The molecule has 0 unspecified atom stereocenters. The van der Waals surface area contributed by atoms with Crippen molar-refractivity contribution in [1.29, 1.82) is 0 Å². The molecule has 0 fully saturated rings. The van der Waals surface area contributed by atoms with Crippen LogP contribution < -0.4 is 14.8 Å². The molecule has 1 heterocycles. The van der Waals surface area contributed by atoms with Crippen molar-refractivity contribution in [2.75, 3.05) is 13.7 Å². The normalized spacial score (nSPS) is 13.0. The lowest BCUT2D eigenvalue weighted by molar-refractivity contribution is -0.123. The minimum atomic E-state index is -0.140. The van der Waals surface area contributed by atoms with E-state index < -0.39 is 0 Å². The number of carbonyl (C=O) groups is 1. The molecule has 0 aliphatic heterocycles. The van der Waals surface area contributed by atoms with Crippen molar-refractivity contribution < 1.29 is 14.3 Å². The number of ether oxygens (including phenoxy) is 2. The number of pyridine rings is 1. The fourth-order valence-corrected chi connectivity index (χ4v) is 2.91. The van der Waals surface area contributed by atoms with Crippen LogP contribution >= 0.6 is 0 Å². The second kappa shape index (κ2) is 7.81. The molecule has 126 valence electrons. The molecular formula is C19H22N2O3. The molecule has 0 spiro atoms. The van der Waals surface area contributed by atoms with Gasteiger partial charge in [0.15, 0.2) is 6.61 Å². The van der Waals surface area contributed by atoms with E-state index in [0.717, 1.165) is 47.6 Å². The predicted octanol–water partition coefficient (Wildman–Crippen LogP) is 2.66. The fourth-order valence-electron chi connectivity index (χ4n) is 2.91. The molecule has 5 nitrogen and oxygen atoms in total. The Morgan fingerprint density at radius 3 is 3.00 bits per heavy atom. The van der Waals surface area contributed by atoms with Gasteiger partial charge in [-0.2, -0.15) is 0 Å². The predicted molar refractivity (Wildman–Crippen MR) is 91.2 cm³/mol. The molecule has 1 aliphatic rings. The quantitative estimate of drug-likeness (QED) is 0.886. The highest BCUT2D eigenvalue weighted by Crippen LogP contribution is 2.27. The lowest BCUT2D eigenvalue weighted by Crippen LogP contribution is -2.28. The number of methoxy groups -OCH3 is 1. The Hall–Kier alpha value is -2.56. The molecule has 0 saturated carbocycles. The van der Waals surface area contributed by atoms with Gasteiger partial charge in [0, 0.05) is 24.0 Å². The van der Waals surface area contributed by atoms with Crippen LogP contribution in [0.3, 0.4) is 0 Å². The van der Waals surface area contributed by atoms with Crippen LogP contribution in [0, 0.1) is 0 Å². The van der Waals surface area contributed by atoms with Gasteiger partial charge in [-0.1, -0.05) is 12.1 Å². The molecule has 1 aliphatic carbocycles. The second-order valence-corrected chi connectivity index (χ2v) is 5.86. The van der Waals surface area contributed by atoms with Gasteiger partial charge in [-0.3, -0.25) is 9.78 Å². The van der Waals surface area contributed by atoms with Crippen molar-refractivity contribution >= 4 is 5.91 Å². The Balaban J connectivity index is 1.52. The minimum absolute atomic E-state index is 0.0143. The first-order chi connectivity index (χ1) is 11.8. The zero-order valence-corrected chi connectivity index (χ0v) is 13.9. The van der Waals surface area contributed by atoms with Crippen molar-refractivity contribution in [3.8, 4) is 11.5 Å². The van der Waals surface area contributed by atoms with Crippen LogP contribution in [0.25, 0.3) is 0 Å². The number of carbonyl (C=O) groups excluding carboxylic acids is 1. The highest BCUT2D eigenvalue weighted by Gasteiger charge is 2.15. The maximum Gasteiger partial charge on any atom is 0.258 e. The van der Waals surface area contributed by atoms with Gasteiger partial charge >= 0.3 is 0 Å². The number of aromatic nitrogens is 1. The van der Waals surface area contributed by atoms with Crippen LogP contribution in [0.15, 0.2) is 36.5 Å². The molecule has 1 aromatic carbocycles. The summed E-state index contributed by atoms with van der Waals surface area (Å²) in [5, 5.41) is 2.87. The summed E-state index contributed by atoms with van der Waals surface area (Å²) in [6.45, 7) is 0.467. The molecule has 1 aromatic heterocycles. The van der Waals surface area contributed by atoms with Crippen LogP contribution in [-0.4, -0.2) is 24.6 Å². The van der Waals surface area contributed by atoms with Crippen LogP contribution in [-0.2, 0) is 24.2 Å². The van der Waals surface area contributed by atoms with Crippen molar-refractivity contribution in [2.24, 2.45) is 0 Å². The summed E-state index contributed by atoms with van der Waals surface area (Å²) in [6, 6.07) is 9.48. The van der Waals surface area contributed by atoms with Crippen LogP contribution in [0.2, 0.25) is 0 Å². The first kappa shape index (κ1) is 16.3. The highest BCUT2D eigenvalue weighted by molar-refractivity contribution is 5.77. The average Bonchev–Trinajstić information content (AvgIpc) is 2.64. The number of rotatable bonds is 6. The molecule has 24 heavy (non-hydrogen) atoms. The third-order valence-electron chi connectivity index (χ3n) is 4.18. The number of hydrogen-bond acceptors (Lipinski definition) is 4. The van der Waals surface area contributed by atoms with E-state index in [1.54, 1.807) is 13.3 Å². The largest absolute Gasteiger partial charge is 0.497 e. The molecule has 5 heteroatoms. The third kappa shape index (κ3) is 4.04. The SMILES string of the molecule is COc1cccc(CNC(=O)COc2ccnc3c2CCCC3)c1. The van der Waals surface area contributed by atoms with E-state index >= 15 is 0 Å². The fraction of sp³-hybridized carbons (Fsp3) is 0.368. The lowest BCUT2D eigenvalue weighted by Gasteiger charge is -2.18. The molecule has 0 atom stereocenters. The van der Waals surface area contributed by atoms with E-state index in [4.69, 9.17) is 9.47 Å². The van der Waals surface area contributed by atoms with Gasteiger partial charge in [-0.25, -0.2) is 0 Å². The van der Waals surface area contributed by atoms with Crippen molar-refractivity contribution in [2.45, 2.75) is 32.2 Å². The minimum Gasteiger partial charge on any atom is -0.497 e. The Morgan fingerprint density at radius 2 is 2.12 bits per heavy atom. The smallest absolute Gasteiger partial charge is 0.258 e. The Labute approximate surface area is 142 Å². The molecule has 1 amide bonds. The van der Waals surface area contributed by atoms with Gasteiger partial charge < -0.3 is 14.8 Å². The number of aryl methyl sites for hydroxylation is 1. The Bertz CT molecular complexity index is 716. The summed E-state index contributed by atoms with van der Waals surface area (Å²) in [6.07, 6.45) is 6.05. The van der Waals surface area contributed by atoms with Crippen molar-refractivity contribution in [3.63, 3.8) is 0 Å². The highest BCUT2D eigenvalue weighted by atomic mass is 16.5. The summed E-state index contributed by atoms with van der Waals surface area (Å²) in [4.78, 5) is 16.4. The monoisotopic (exact) mass is 326 g/mol. The third-order valence-corrected chi connectivity index (χ3v) is 4.18. The van der Waals surface area contributed by atoms with Gasteiger partial charge in [0.05, 0.1) is 7.11 Å². The molecule has 0 bridgehead atoms. The number of nitrogens with one attached hydrogen (secondary N) is 1. The molecule has 1 N–H and O–H groups in total. The van der Waals surface area contributed by atoms with Crippen LogP contribution in [0.1, 0.15) is 29.7 Å². The molecule has 0 radical (unpaired) electrons. The van der Waals surface area contributed by atoms with E-state index in [2.05, 4.69) is 10.3 Å². The van der Waals surface area contributed by atoms with Crippen molar-refractivity contribution in [1.82, 2.24) is 10.3 Å². The van der Waals surface area contributed by atoms with Gasteiger partial charge in [0.2, 0.25) is 0 Å². The summed E-state index contributed by atoms with van der Waals surface area (Å²) in [5.41, 5.74) is 3.25. The van der Waals surface area contributed by atoms with E-state index in [0.29, 0.717) is 6.54 Å². The van der Waals surface area contributed by atoms with E-state index in [-0.39, 0.29) is 12.5 Å². The van der Waals surface area contributed by atoms with Crippen molar-refractivity contribution in [3.05, 3.63) is 53.3 Å². The summed E-state index contributed by atoms with van der Waals surface area (Å²) >= 11 is 0. The summed E-state index contributed by atoms with van der Waals surface area (Å²) < 4.78 is 10.9. The maximum atomic E-state index is 12.0. The first-order valence-corrected chi connectivity index (χ1v) is 8.25. The number of amides is 1. The molecular weight excluding hydrogens is 304 g/mol. The molecule has 2 aromatic rings.